The summed E-state index contributed by atoms with van der Waals surface area (Å²) >= 11 is 0. The van der Waals surface area contributed by atoms with Crippen LogP contribution in [0, 0.1) is 0 Å². The van der Waals surface area contributed by atoms with E-state index < -0.39 is 0 Å². The highest BCUT2D eigenvalue weighted by Gasteiger charge is 2.19. The quantitative estimate of drug-likeness (QED) is 0.686. The second-order valence-electron chi connectivity index (χ2n) is 4.57. The van der Waals surface area contributed by atoms with Crippen molar-refractivity contribution in [1.82, 2.24) is 15.1 Å². The standard InChI is InChI=1S/C12H23N3O2/c1-3-6-13-11(16)10-14(2)8-9-15-7-4-5-12(15)17/h3-10H2,1-2H3,(H,13,16). The molecule has 98 valence electrons. The number of carbonyl (C=O) groups is 2. The number of hydrogen-bond acceptors (Lipinski definition) is 3. The largest absolute Gasteiger partial charge is 0.355 e. The molecule has 1 aliphatic heterocycles. The number of likely N-dealkylation sites (N-methyl/N-ethyl adjacent to an activating group) is 1. The molecule has 17 heavy (non-hydrogen) atoms. The monoisotopic (exact) mass is 241 g/mol. The van der Waals surface area contributed by atoms with Crippen molar-refractivity contribution in [1.29, 1.82) is 0 Å². The molecule has 0 saturated carbocycles. The maximum atomic E-state index is 11.4. The first-order valence-electron chi connectivity index (χ1n) is 6.36. The lowest BCUT2D eigenvalue weighted by molar-refractivity contribution is -0.127. The molecule has 1 rings (SSSR count). The Labute approximate surface area is 103 Å². The second kappa shape index (κ2) is 7.27. The first kappa shape index (κ1) is 14.0. The Kier molecular flexibility index (Phi) is 5.97. The summed E-state index contributed by atoms with van der Waals surface area (Å²) in [4.78, 5) is 26.6. The van der Waals surface area contributed by atoms with Crippen LogP contribution in [0.1, 0.15) is 26.2 Å². The molecule has 5 heteroatoms. The molecule has 5 nitrogen and oxygen atoms in total. The molecule has 0 unspecified atom stereocenters. The zero-order valence-electron chi connectivity index (χ0n) is 10.9. The van der Waals surface area contributed by atoms with E-state index in [2.05, 4.69) is 5.32 Å². The molecular weight excluding hydrogens is 218 g/mol. The van der Waals surface area contributed by atoms with Gasteiger partial charge in [0.15, 0.2) is 0 Å². The van der Waals surface area contributed by atoms with Gasteiger partial charge in [0.25, 0.3) is 0 Å². The smallest absolute Gasteiger partial charge is 0.234 e. The van der Waals surface area contributed by atoms with E-state index in [0.29, 0.717) is 13.0 Å². The van der Waals surface area contributed by atoms with Gasteiger partial charge in [-0.05, 0) is 19.9 Å². The van der Waals surface area contributed by atoms with Crippen molar-refractivity contribution in [2.45, 2.75) is 26.2 Å². The second-order valence-corrected chi connectivity index (χ2v) is 4.57. The highest BCUT2D eigenvalue weighted by atomic mass is 16.2. The number of rotatable bonds is 7. The molecule has 1 aliphatic rings. The number of nitrogens with zero attached hydrogens (tertiary/aromatic N) is 2. The lowest BCUT2D eigenvalue weighted by Gasteiger charge is -2.21. The third kappa shape index (κ3) is 5.17. The minimum Gasteiger partial charge on any atom is -0.355 e. The van der Waals surface area contributed by atoms with E-state index in [1.165, 1.54) is 0 Å². The van der Waals surface area contributed by atoms with Crippen LogP contribution in [0.25, 0.3) is 0 Å². The lowest BCUT2D eigenvalue weighted by Crippen LogP contribution is -2.39. The molecule has 0 atom stereocenters. The predicted molar refractivity (Wildman–Crippen MR) is 66.6 cm³/mol. The summed E-state index contributed by atoms with van der Waals surface area (Å²) in [7, 11) is 1.91. The SMILES string of the molecule is CCCNC(=O)CN(C)CCN1CCCC1=O. The molecule has 0 aromatic carbocycles. The summed E-state index contributed by atoms with van der Waals surface area (Å²) in [5.74, 6) is 0.302. The van der Waals surface area contributed by atoms with Crippen LogP contribution in [0.5, 0.6) is 0 Å². The Bertz CT molecular complexity index is 268. The molecule has 0 aromatic heterocycles. The van der Waals surface area contributed by atoms with Gasteiger partial charge in [0.1, 0.15) is 0 Å². The van der Waals surface area contributed by atoms with Crippen molar-refractivity contribution < 1.29 is 9.59 Å². The Morgan fingerprint density at radius 1 is 1.53 bits per heavy atom. The Balaban J connectivity index is 2.14. The van der Waals surface area contributed by atoms with Gasteiger partial charge in [-0.1, -0.05) is 6.92 Å². The van der Waals surface area contributed by atoms with Crippen molar-refractivity contribution >= 4 is 11.8 Å². The van der Waals surface area contributed by atoms with Crippen LogP contribution in [0.3, 0.4) is 0 Å². The molecule has 0 spiro atoms. The van der Waals surface area contributed by atoms with E-state index in [1.807, 2.05) is 23.8 Å². The van der Waals surface area contributed by atoms with E-state index in [-0.39, 0.29) is 11.8 Å². The number of nitrogens with one attached hydrogen (secondary N) is 1. The van der Waals surface area contributed by atoms with Crippen LogP contribution < -0.4 is 5.32 Å². The third-order valence-corrected chi connectivity index (χ3v) is 2.91. The minimum atomic E-state index is 0.0575. The highest BCUT2D eigenvalue weighted by Crippen LogP contribution is 2.08. The van der Waals surface area contributed by atoms with Crippen molar-refractivity contribution in [3.05, 3.63) is 0 Å². The van der Waals surface area contributed by atoms with Crippen LogP contribution in [-0.2, 0) is 9.59 Å². The topological polar surface area (TPSA) is 52.7 Å². The fraction of sp³-hybridized carbons (Fsp3) is 0.833. The van der Waals surface area contributed by atoms with Crippen LogP contribution in [0.4, 0.5) is 0 Å². The molecule has 1 N–H and O–H groups in total. The van der Waals surface area contributed by atoms with Crippen LogP contribution >= 0.6 is 0 Å². The Hall–Kier alpha value is -1.10. The Morgan fingerprint density at radius 2 is 2.29 bits per heavy atom. The van der Waals surface area contributed by atoms with Gasteiger partial charge in [-0.25, -0.2) is 0 Å². The van der Waals surface area contributed by atoms with Crippen LogP contribution in [0.2, 0.25) is 0 Å². The maximum Gasteiger partial charge on any atom is 0.234 e. The zero-order chi connectivity index (χ0) is 12.7. The van der Waals surface area contributed by atoms with Crippen molar-refractivity contribution in [3.8, 4) is 0 Å². The molecule has 0 bridgehead atoms. The summed E-state index contributed by atoms with van der Waals surface area (Å²) in [6.07, 6.45) is 2.61. The average molecular weight is 241 g/mol. The fourth-order valence-electron chi connectivity index (χ4n) is 1.88. The molecular formula is C12H23N3O2. The summed E-state index contributed by atoms with van der Waals surface area (Å²) in [6.45, 7) is 5.53. The first-order chi connectivity index (χ1) is 8.13. The first-order valence-corrected chi connectivity index (χ1v) is 6.36. The third-order valence-electron chi connectivity index (χ3n) is 2.91. The van der Waals surface area contributed by atoms with Crippen LogP contribution in [-0.4, -0.2) is 61.4 Å². The van der Waals surface area contributed by atoms with Gasteiger partial charge >= 0.3 is 0 Å². The number of likely N-dealkylation sites (tertiary alicyclic amines) is 1. The average Bonchev–Trinajstić information content (AvgIpc) is 2.69. The normalized spacial score (nSPS) is 15.7. The van der Waals surface area contributed by atoms with E-state index >= 15 is 0 Å². The van der Waals surface area contributed by atoms with Gasteiger partial charge in [0.2, 0.25) is 11.8 Å². The van der Waals surface area contributed by atoms with Gasteiger partial charge in [-0.15, -0.1) is 0 Å². The lowest BCUT2D eigenvalue weighted by atomic mass is 10.4. The van der Waals surface area contributed by atoms with Gasteiger partial charge in [-0.3, -0.25) is 14.5 Å². The minimum absolute atomic E-state index is 0.0575. The number of amides is 2. The predicted octanol–water partition coefficient (Wildman–Crippen LogP) is 0.0668. The zero-order valence-corrected chi connectivity index (χ0v) is 10.9. The van der Waals surface area contributed by atoms with E-state index in [4.69, 9.17) is 0 Å². The molecule has 1 saturated heterocycles. The highest BCUT2D eigenvalue weighted by molar-refractivity contribution is 5.78. The van der Waals surface area contributed by atoms with Gasteiger partial charge in [0.05, 0.1) is 6.54 Å². The van der Waals surface area contributed by atoms with E-state index in [1.54, 1.807) is 0 Å². The summed E-state index contributed by atoms with van der Waals surface area (Å²) < 4.78 is 0. The molecule has 0 aromatic rings. The van der Waals surface area contributed by atoms with Crippen LogP contribution in [0.15, 0.2) is 0 Å². The maximum absolute atomic E-state index is 11.4. The van der Waals surface area contributed by atoms with Gasteiger partial charge in [-0.2, -0.15) is 0 Å². The van der Waals surface area contributed by atoms with Gasteiger partial charge < -0.3 is 10.2 Å². The summed E-state index contributed by atoms with van der Waals surface area (Å²) in [6, 6.07) is 0. The molecule has 1 fully saturated rings. The fourth-order valence-corrected chi connectivity index (χ4v) is 1.88. The number of carbonyl (C=O) groups excluding carboxylic acids is 2. The van der Waals surface area contributed by atoms with Crippen molar-refractivity contribution in [3.63, 3.8) is 0 Å². The number of hydrogen-bond donors (Lipinski definition) is 1. The molecule has 1 heterocycles. The van der Waals surface area contributed by atoms with Crippen molar-refractivity contribution in [2.24, 2.45) is 0 Å². The van der Waals surface area contributed by atoms with E-state index in [9.17, 15) is 9.59 Å². The summed E-state index contributed by atoms with van der Waals surface area (Å²) in [5, 5.41) is 2.84. The van der Waals surface area contributed by atoms with E-state index in [0.717, 1.165) is 39.0 Å². The molecule has 2 amide bonds. The summed E-state index contributed by atoms with van der Waals surface area (Å²) in [5.41, 5.74) is 0. The van der Waals surface area contributed by atoms with Gasteiger partial charge in [0, 0.05) is 32.6 Å². The molecule has 0 radical (unpaired) electrons. The molecule has 0 aliphatic carbocycles. The Morgan fingerprint density at radius 3 is 2.88 bits per heavy atom. The van der Waals surface area contributed by atoms with Crippen molar-refractivity contribution in [2.75, 3.05) is 39.8 Å².